The first-order valence-electron chi connectivity index (χ1n) is 19.9. The number of pyridine rings is 2. The van der Waals surface area contributed by atoms with Crippen LogP contribution in [0.4, 0.5) is 4.79 Å². The fourth-order valence-electron chi connectivity index (χ4n) is 7.91. The van der Waals surface area contributed by atoms with Gasteiger partial charge >= 0.3 is 6.03 Å². The zero-order chi connectivity index (χ0) is 40.0. The summed E-state index contributed by atoms with van der Waals surface area (Å²) in [5.41, 5.74) is 0.135. The summed E-state index contributed by atoms with van der Waals surface area (Å²) in [5.74, 6) is -2.45. The van der Waals surface area contributed by atoms with Crippen LogP contribution in [0, 0.1) is 11.8 Å². The summed E-state index contributed by atoms with van der Waals surface area (Å²) in [6, 6.07) is 3.29. The summed E-state index contributed by atoms with van der Waals surface area (Å²) in [5, 5.41) is 5.19. The zero-order valence-corrected chi connectivity index (χ0v) is 33.2. The van der Waals surface area contributed by atoms with Crippen LogP contribution >= 0.6 is 0 Å². The van der Waals surface area contributed by atoms with Crippen molar-refractivity contribution in [2.24, 2.45) is 11.8 Å². The fraction of sp³-hybridized carbons (Fsp3) is 0.600. The van der Waals surface area contributed by atoms with Gasteiger partial charge in [-0.15, -0.1) is 6.58 Å². The van der Waals surface area contributed by atoms with E-state index in [0.29, 0.717) is 75.8 Å². The number of urea groups is 1. The van der Waals surface area contributed by atoms with Gasteiger partial charge in [0, 0.05) is 43.9 Å². The quantitative estimate of drug-likeness (QED) is 0.145. The summed E-state index contributed by atoms with van der Waals surface area (Å²) in [4.78, 5) is 78.0. The van der Waals surface area contributed by atoms with Gasteiger partial charge in [0.1, 0.15) is 17.6 Å². The van der Waals surface area contributed by atoms with Gasteiger partial charge in [-0.25, -0.2) is 13.2 Å². The number of sulfonamides is 1. The van der Waals surface area contributed by atoms with E-state index in [1.807, 2.05) is 12.1 Å². The predicted molar refractivity (Wildman–Crippen MR) is 212 cm³/mol. The Morgan fingerprint density at radius 1 is 1.11 bits per heavy atom. The minimum atomic E-state index is -3.87. The third kappa shape index (κ3) is 9.51. The largest absolute Gasteiger partial charge is 0.376 e. The van der Waals surface area contributed by atoms with E-state index in [9.17, 15) is 32.4 Å². The normalized spacial score (nSPS) is 22.5. The highest BCUT2D eigenvalue weighted by atomic mass is 32.2. The number of rotatable bonds is 16. The molecule has 15 nitrogen and oxygen atoms in total. The molecule has 304 valence electrons. The summed E-state index contributed by atoms with van der Waals surface area (Å²) in [7, 11) is -3.87. The number of unbranched alkanes of at least 4 members (excludes halogenated alkanes) is 1. The van der Waals surface area contributed by atoms with E-state index < -0.39 is 50.6 Å². The second kappa shape index (κ2) is 17.7. The van der Waals surface area contributed by atoms with E-state index >= 15 is 0 Å². The van der Waals surface area contributed by atoms with Crippen molar-refractivity contribution in [3.8, 4) is 0 Å². The van der Waals surface area contributed by atoms with E-state index in [1.165, 1.54) is 17.9 Å². The number of likely N-dealkylation sites (tertiary alicyclic amines) is 2. The number of aromatic nitrogens is 2. The van der Waals surface area contributed by atoms with Crippen LogP contribution in [-0.4, -0.2) is 107 Å². The highest BCUT2D eigenvalue weighted by molar-refractivity contribution is 7.91. The lowest BCUT2D eigenvalue weighted by molar-refractivity contribution is -0.143. The molecule has 4 heterocycles. The Kier molecular flexibility index (Phi) is 13.0. The van der Waals surface area contributed by atoms with Gasteiger partial charge in [0.25, 0.3) is 11.5 Å². The molecule has 2 aromatic heterocycles. The molecule has 2 aliphatic heterocycles. The lowest BCUT2D eigenvalue weighted by atomic mass is 9.85. The molecule has 2 aliphatic carbocycles. The van der Waals surface area contributed by atoms with Crippen LogP contribution in [0.15, 0.2) is 47.9 Å². The molecule has 0 radical (unpaired) electrons. The smallest absolute Gasteiger partial charge is 0.318 e. The second-order valence-corrected chi connectivity index (χ2v) is 17.8. The zero-order valence-electron chi connectivity index (χ0n) is 32.3. The number of carbonyl (C=O) groups is 4. The minimum absolute atomic E-state index is 0.0793. The molecule has 56 heavy (non-hydrogen) atoms. The third-order valence-corrected chi connectivity index (χ3v) is 13.6. The molecule has 2 saturated heterocycles. The van der Waals surface area contributed by atoms with Crippen LogP contribution in [0.1, 0.15) is 90.0 Å². The number of allylic oxidation sites excluding steroid dienone is 1. The number of fused-ring (bicyclic) bond motifs is 1. The number of nitrogens with zero attached hydrogens (tertiary/aromatic N) is 3. The topological polar surface area (TPSA) is 200 Å². The Bertz CT molecular complexity index is 1990. The van der Waals surface area contributed by atoms with Crippen molar-refractivity contribution in [3.05, 3.63) is 59.0 Å². The lowest BCUT2D eigenvalue weighted by Crippen LogP contribution is -2.64. The Morgan fingerprint density at radius 2 is 1.88 bits per heavy atom. The average Bonchev–Trinajstić information content (AvgIpc) is 3.51. The maximum absolute atomic E-state index is 14.3. The monoisotopic (exact) mass is 793 g/mol. The summed E-state index contributed by atoms with van der Waals surface area (Å²) in [6.07, 6.45) is 14.2. The average molecular weight is 794 g/mol. The Labute approximate surface area is 328 Å². The maximum atomic E-state index is 14.3. The van der Waals surface area contributed by atoms with Gasteiger partial charge in [-0.3, -0.25) is 28.9 Å². The maximum Gasteiger partial charge on any atom is 0.318 e. The first-order valence-corrected chi connectivity index (χ1v) is 21.5. The summed E-state index contributed by atoms with van der Waals surface area (Å²) in [6.45, 7) is 8.58. The summed E-state index contributed by atoms with van der Waals surface area (Å²) >= 11 is 0. The molecule has 0 spiro atoms. The van der Waals surface area contributed by atoms with Gasteiger partial charge in [0.2, 0.25) is 21.8 Å². The first-order chi connectivity index (χ1) is 26.8. The first kappa shape index (κ1) is 41.1. The lowest BCUT2D eigenvalue weighted by Gasteiger charge is -2.37. The molecular weight excluding hydrogens is 739 g/mol. The number of hydrogen-bond donors (Lipinski definition) is 4. The van der Waals surface area contributed by atoms with Crippen LogP contribution in [0.2, 0.25) is 0 Å². The standard InChI is InChI=1S/C40H55N7O8S/c1-4-26(2)40(3,38(51)45-56(53,54)30-17-18-30)44-36(49)33-16-11-21-47(33)37(50)34(27-12-7-8-13-27)43-39(52)46-22-19-29(25-46)55-23-9-5-6-14-28-24-32-31(42-35(28)48)15-10-20-41-32/h4,6,10,14-15,20,24,26-27,29-30,33-34H,1,5,7-9,11-13,16-19,21-23,25H2,2-3H3,(H,42,48)(H,43,52)(H,44,49)(H,45,51)/b14-6+/t26-,29?,33-,34-,40+/m0/s1. The molecule has 4 aliphatic rings. The molecular formula is C40H55N7O8S. The third-order valence-electron chi connectivity index (χ3n) is 11.8. The molecule has 2 saturated carbocycles. The molecule has 16 heteroatoms. The van der Waals surface area contributed by atoms with Crippen molar-refractivity contribution >= 4 is 50.9 Å². The van der Waals surface area contributed by atoms with Gasteiger partial charge in [-0.1, -0.05) is 38.0 Å². The van der Waals surface area contributed by atoms with E-state index in [1.54, 1.807) is 36.2 Å². The fourth-order valence-corrected chi connectivity index (χ4v) is 9.30. The number of carbonyl (C=O) groups excluding carboxylic acids is 4. The number of aromatic amines is 1. The SMILES string of the molecule is C=C[C@H](C)[C@@](C)(NC(=O)[C@@H]1CCCN1C(=O)[C@@H](NC(=O)N1CCC(OCCC/C=C/c2cc3ncccc3[nH]c2=O)C1)C1CCCC1)C(=O)NS(=O)(=O)C1CC1. The molecule has 6 rings (SSSR count). The number of hydrogen-bond acceptors (Lipinski definition) is 9. The minimum Gasteiger partial charge on any atom is -0.376 e. The molecule has 4 fully saturated rings. The summed E-state index contributed by atoms with van der Waals surface area (Å²) < 4.78 is 33.5. The van der Waals surface area contributed by atoms with Crippen LogP contribution < -0.4 is 20.9 Å². The van der Waals surface area contributed by atoms with Crippen molar-refractivity contribution in [2.75, 3.05) is 26.2 Å². The van der Waals surface area contributed by atoms with Crippen molar-refractivity contribution in [1.82, 2.24) is 35.1 Å². The number of nitrogens with one attached hydrogen (secondary N) is 4. The predicted octanol–water partition coefficient (Wildman–Crippen LogP) is 3.37. The van der Waals surface area contributed by atoms with E-state index in [2.05, 4.69) is 31.9 Å². The van der Waals surface area contributed by atoms with E-state index in [-0.39, 0.29) is 29.5 Å². The van der Waals surface area contributed by atoms with Crippen LogP contribution in [0.25, 0.3) is 17.1 Å². The molecule has 5 atom stereocenters. The van der Waals surface area contributed by atoms with Crippen molar-refractivity contribution in [2.45, 2.75) is 113 Å². The Morgan fingerprint density at radius 3 is 2.61 bits per heavy atom. The van der Waals surface area contributed by atoms with Crippen molar-refractivity contribution < 1.29 is 32.3 Å². The number of H-pyrrole nitrogens is 1. The Hall–Kier alpha value is -4.57. The van der Waals surface area contributed by atoms with Gasteiger partial charge in [-0.05, 0) is 88.8 Å². The van der Waals surface area contributed by atoms with Gasteiger partial charge < -0.3 is 30.2 Å². The van der Waals surface area contributed by atoms with Crippen molar-refractivity contribution in [1.29, 1.82) is 0 Å². The molecule has 5 amide bonds. The molecule has 4 N–H and O–H groups in total. The van der Waals surface area contributed by atoms with Gasteiger partial charge in [-0.2, -0.15) is 0 Å². The molecule has 0 bridgehead atoms. The van der Waals surface area contributed by atoms with E-state index in [4.69, 9.17) is 4.74 Å². The second-order valence-electron chi connectivity index (χ2n) is 15.8. The van der Waals surface area contributed by atoms with Crippen LogP contribution in [-0.2, 0) is 29.1 Å². The Balaban J connectivity index is 1.02. The number of ether oxygens (including phenoxy) is 1. The van der Waals surface area contributed by atoms with Gasteiger partial charge in [0.05, 0.1) is 22.4 Å². The highest BCUT2D eigenvalue weighted by Crippen LogP contribution is 2.32. The molecule has 1 unspecified atom stereocenters. The van der Waals surface area contributed by atoms with E-state index in [0.717, 1.165) is 37.6 Å². The van der Waals surface area contributed by atoms with Crippen LogP contribution in [0.3, 0.4) is 0 Å². The molecule has 0 aromatic carbocycles. The van der Waals surface area contributed by atoms with Crippen LogP contribution in [0.5, 0.6) is 0 Å². The number of amides is 5. The highest BCUT2D eigenvalue weighted by Gasteiger charge is 2.47. The van der Waals surface area contributed by atoms with Gasteiger partial charge in [0.15, 0.2) is 0 Å². The molecule has 2 aromatic rings. The van der Waals surface area contributed by atoms with Crippen molar-refractivity contribution in [3.63, 3.8) is 0 Å².